The van der Waals surface area contributed by atoms with E-state index in [9.17, 15) is 23.3 Å². The molecule has 0 aliphatic heterocycles. The molecule has 0 unspecified atom stereocenters. The minimum absolute atomic E-state index is 0.0728. The molecular formula is C19H23N3O7S. The molecule has 0 saturated heterocycles. The molecular weight excluding hydrogens is 414 g/mol. The largest absolute Gasteiger partial charge is 0.493 e. The molecule has 2 aromatic rings. The Bertz CT molecular complexity index is 1020. The van der Waals surface area contributed by atoms with Gasteiger partial charge in [0.1, 0.15) is 5.56 Å². The van der Waals surface area contributed by atoms with Crippen LogP contribution in [0.15, 0.2) is 41.3 Å². The number of rotatable bonds is 10. The lowest BCUT2D eigenvalue weighted by atomic mass is 10.1. The number of sulfonamides is 1. The van der Waals surface area contributed by atoms with E-state index in [1.54, 1.807) is 19.1 Å². The molecule has 0 aliphatic rings. The fourth-order valence-corrected chi connectivity index (χ4v) is 3.60. The van der Waals surface area contributed by atoms with Crippen LogP contribution >= 0.6 is 0 Å². The summed E-state index contributed by atoms with van der Waals surface area (Å²) < 4.78 is 37.3. The van der Waals surface area contributed by atoms with Crippen LogP contribution in [0.2, 0.25) is 0 Å². The average molecular weight is 437 g/mol. The number of carbonyl (C=O) groups excluding carboxylic acids is 1. The Hall–Kier alpha value is -3.18. The number of methoxy groups -OCH3 is 1. The van der Waals surface area contributed by atoms with E-state index < -0.39 is 26.5 Å². The highest BCUT2D eigenvalue weighted by atomic mass is 32.2. The van der Waals surface area contributed by atoms with Crippen molar-refractivity contribution in [2.75, 3.05) is 26.8 Å². The van der Waals surface area contributed by atoms with Gasteiger partial charge in [0.15, 0.2) is 11.5 Å². The van der Waals surface area contributed by atoms with Crippen LogP contribution in [-0.4, -0.2) is 46.1 Å². The first kappa shape index (κ1) is 23.1. The van der Waals surface area contributed by atoms with E-state index in [1.165, 1.54) is 25.3 Å². The van der Waals surface area contributed by atoms with Gasteiger partial charge in [0.2, 0.25) is 10.0 Å². The van der Waals surface area contributed by atoms with Crippen molar-refractivity contribution in [3.05, 3.63) is 57.6 Å². The molecule has 2 aromatic carbocycles. The van der Waals surface area contributed by atoms with E-state index in [2.05, 4.69) is 10.0 Å². The molecule has 0 aliphatic carbocycles. The third kappa shape index (κ3) is 5.67. The van der Waals surface area contributed by atoms with Crippen molar-refractivity contribution in [1.29, 1.82) is 0 Å². The van der Waals surface area contributed by atoms with E-state index >= 15 is 0 Å². The van der Waals surface area contributed by atoms with Crippen LogP contribution in [0.25, 0.3) is 0 Å². The fourth-order valence-electron chi connectivity index (χ4n) is 2.57. The van der Waals surface area contributed by atoms with Crippen molar-refractivity contribution in [2.45, 2.75) is 18.7 Å². The van der Waals surface area contributed by atoms with Gasteiger partial charge < -0.3 is 14.8 Å². The van der Waals surface area contributed by atoms with Crippen LogP contribution in [0.1, 0.15) is 22.8 Å². The molecule has 0 aromatic heterocycles. The Labute approximate surface area is 174 Å². The maximum atomic E-state index is 12.5. The topological polar surface area (TPSA) is 137 Å². The highest BCUT2D eigenvalue weighted by Gasteiger charge is 2.24. The van der Waals surface area contributed by atoms with Crippen LogP contribution < -0.4 is 19.5 Å². The van der Waals surface area contributed by atoms with E-state index in [4.69, 9.17) is 9.47 Å². The normalized spacial score (nSPS) is 11.0. The van der Waals surface area contributed by atoms with Crippen LogP contribution in [0.4, 0.5) is 5.69 Å². The monoisotopic (exact) mass is 437 g/mol. The molecule has 2 rings (SSSR count). The van der Waals surface area contributed by atoms with Gasteiger partial charge in [-0.15, -0.1) is 0 Å². The van der Waals surface area contributed by atoms with E-state index in [0.29, 0.717) is 0 Å². The number of hydrogen-bond acceptors (Lipinski definition) is 7. The molecule has 0 bridgehead atoms. The van der Waals surface area contributed by atoms with Crippen molar-refractivity contribution in [3.8, 4) is 11.5 Å². The Morgan fingerprint density at radius 3 is 2.37 bits per heavy atom. The first-order valence-corrected chi connectivity index (χ1v) is 10.5. The lowest BCUT2D eigenvalue weighted by molar-refractivity contribution is -0.385. The number of nitro groups is 1. The van der Waals surface area contributed by atoms with Gasteiger partial charge in [-0.05, 0) is 26.0 Å². The van der Waals surface area contributed by atoms with Crippen molar-refractivity contribution in [1.82, 2.24) is 10.0 Å². The number of hydrogen-bond donors (Lipinski definition) is 2. The lowest BCUT2D eigenvalue weighted by Gasteiger charge is -2.12. The quantitative estimate of drug-likeness (QED) is 0.329. The summed E-state index contributed by atoms with van der Waals surface area (Å²) in [5, 5.41) is 13.8. The summed E-state index contributed by atoms with van der Waals surface area (Å²) >= 11 is 0. The van der Waals surface area contributed by atoms with Crippen molar-refractivity contribution < 1.29 is 27.6 Å². The van der Waals surface area contributed by atoms with Crippen LogP contribution in [0.5, 0.6) is 11.5 Å². The van der Waals surface area contributed by atoms with E-state index in [1.807, 2.05) is 6.92 Å². The van der Waals surface area contributed by atoms with Crippen molar-refractivity contribution in [2.24, 2.45) is 0 Å². The summed E-state index contributed by atoms with van der Waals surface area (Å²) in [5.74, 6) is -0.417. The number of aryl methyl sites for hydroxylation is 1. The van der Waals surface area contributed by atoms with Crippen molar-refractivity contribution >= 4 is 21.6 Å². The average Bonchev–Trinajstić information content (AvgIpc) is 2.71. The summed E-state index contributed by atoms with van der Waals surface area (Å²) in [6.45, 7) is 3.65. The zero-order chi connectivity index (χ0) is 22.3. The van der Waals surface area contributed by atoms with Crippen LogP contribution in [0, 0.1) is 17.0 Å². The third-order valence-electron chi connectivity index (χ3n) is 4.06. The molecule has 2 N–H and O–H groups in total. The number of nitro benzene ring substituents is 1. The molecule has 0 atom stereocenters. The van der Waals surface area contributed by atoms with Crippen LogP contribution in [0.3, 0.4) is 0 Å². The second kappa shape index (κ2) is 10.0. The first-order valence-electron chi connectivity index (χ1n) is 9.03. The smallest absolute Gasteiger partial charge is 0.286 e. The second-order valence-electron chi connectivity index (χ2n) is 6.18. The molecule has 0 saturated carbocycles. The number of amides is 1. The Morgan fingerprint density at radius 1 is 1.13 bits per heavy atom. The molecule has 1 amide bonds. The standard InChI is InChI=1S/C19H23N3O7S/c1-4-29-18-12-16(22(24)25)15(11-17(18)28-3)19(23)20-9-10-21-30(26,27)14-7-5-13(2)6-8-14/h5-8,11-12,21H,4,9-10H2,1-3H3,(H,20,23). The number of benzene rings is 2. The number of ether oxygens (including phenoxy) is 2. The minimum atomic E-state index is -3.73. The first-order chi connectivity index (χ1) is 14.2. The zero-order valence-corrected chi connectivity index (χ0v) is 17.6. The SMILES string of the molecule is CCOc1cc([N+](=O)[O-])c(C(=O)NCCNS(=O)(=O)c2ccc(C)cc2)cc1OC. The maximum Gasteiger partial charge on any atom is 0.286 e. The van der Waals surface area contributed by atoms with Gasteiger partial charge in [0, 0.05) is 19.2 Å². The highest BCUT2D eigenvalue weighted by Crippen LogP contribution is 2.34. The highest BCUT2D eigenvalue weighted by molar-refractivity contribution is 7.89. The zero-order valence-electron chi connectivity index (χ0n) is 16.8. The predicted molar refractivity (Wildman–Crippen MR) is 110 cm³/mol. The predicted octanol–water partition coefficient (Wildman–Crippen LogP) is 2.02. The van der Waals surface area contributed by atoms with Gasteiger partial charge in [0.25, 0.3) is 11.6 Å². The Balaban J connectivity index is 2.07. The number of nitrogens with zero attached hydrogens (tertiary/aromatic N) is 1. The van der Waals surface area contributed by atoms with Gasteiger partial charge in [-0.25, -0.2) is 13.1 Å². The van der Waals surface area contributed by atoms with Crippen LogP contribution in [-0.2, 0) is 10.0 Å². The lowest BCUT2D eigenvalue weighted by Crippen LogP contribution is -2.35. The Morgan fingerprint density at radius 2 is 1.80 bits per heavy atom. The molecule has 0 heterocycles. The summed E-state index contributed by atoms with van der Waals surface area (Å²) in [5.41, 5.74) is 0.257. The summed E-state index contributed by atoms with van der Waals surface area (Å²) in [6, 6.07) is 8.65. The molecule has 0 radical (unpaired) electrons. The summed E-state index contributed by atoms with van der Waals surface area (Å²) in [4.78, 5) is 23.2. The molecule has 30 heavy (non-hydrogen) atoms. The third-order valence-corrected chi connectivity index (χ3v) is 5.53. The van der Waals surface area contributed by atoms with E-state index in [0.717, 1.165) is 11.6 Å². The van der Waals surface area contributed by atoms with Gasteiger partial charge in [-0.1, -0.05) is 17.7 Å². The van der Waals surface area contributed by atoms with Crippen molar-refractivity contribution in [3.63, 3.8) is 0 Å². The summed E-state index contributed by atoms with van der Waals surface area (Å²) in [6.07, 6.45) is 0. The molecule has 10 nitrogen and oxygen atoms in total. The minimum Gasteiger partial charge on any atom is -0.493 e. The van der Waals surface area contributed by atoms with Gasteiger partial charge in [0.05, 0.1) is 29.6 Å². The number of carbonyl (C=O) groups is 1. The molecule has 11 heteroatoms. The van der Waals surface area contributed by atoms with Gasteiger partial charge in [-0.2, -0.15) is 0 Å². The molecule has 0 spiro atoms. The summed E-state index contributed by atoms with van der Waals surface area (Å²) in [7, 11) is -2.38. The Kier molecular flexibility index (Phi) is 7.72. The number of nitrogens with one attached hydrogen (secondary N) is 2. The fraction of sp³-hybridized carbons (Fsp3) is 0.316. The maximum absolute atomic E-state index is 12.5. The molecule has 0 fully saturated rings. The van der Waals surface area contributed by atoms with Gasteiger partial charge >= 0.3 is 0 Å². The van der Waals surface area contributed by atoms with E-state index in [-0.39, 0.29) is 41.7 Å². The molecule has 162 valence electrons. The second-order valence-corrected chi connectivity index (χ2v) is 7.94. The van der Waals surface area contributed by atoms with Gasteiger partial charge in [-0.3, -0.25) is 14.9 Å².